The molecule has 0 radical (unpaired) electrons. The van der Waals surface area contributed by atoms with Gasteiger partial charge in [0.2, 0.25) is 0 Å². The molecular weight excluding hydrogens is 398 g/mol. The van der Waals surface area contributed by atoms with Crippen LogP contribution in [0, 0.1) is 0 Å². The predicted octanol–water partition coefficient (Wildman–Crippen LogP) is 5.00. The molecule has 1 amide bonds. The maximum atomic E-state index is 12.5. The number of nitrogens with zero attached hydrogens (tertiary/aromatic N) is 3. The highest BCUT2D eigenvalue weighted by atomic mass is 16.6. The lowest BCUT2D eigenvalue weighted by Gasteiger charge is -2.30. The van der Waals surface area contributed by atoms with Crippen molar-refractivity contribution in [1.29, 1.82) is 0 Å². The fourth-order valence-electron chi connectivity index (χ4n) is 4.90. The van der Waals surface area contributed by atoms with E-state index < -0.39 is 0 Å². The molecule has 5 nitrogen and oxygen atoms in total. The van der Waals surface area contributed by atoms with Gasteiger partial charge in [-0.15, -0.1) is 0 Å². The maximum Gasteiger partial charge on any atom is 0.410 e. The Morgan fingerprint density at radius 3 is 2.38 bits per heavy atom. The summed E-state index contributed by atoms with van der Waals surface area (Å²) in [5, 5.41) is 0. The normalized spacial score (nSPS) is 18.0. The molecule has 32 heavy (non-hydrogen) atoms. The van der Waals surface area contributed by atoms with Crippen LogP contribution in [-0.2, 0) is 17.8 Å². The van der Waals surface area contributed by atoms with Crippen molar-refractivity contribution in [1.82, 2.24) is 14.7 Å². The Morgan fingerprint density at radius 2 is 1.66 bits per heavy atom. The Kier molecular flexibility index (Phi) is 7.17. The van der Waals surface area contributed by atoms with Crippen molar-refractivity contribution in [2.75, 3.05) is 40.8 Å². The first-order valence-electron chi connectivity index (χ1n) is 11.9. The summed E-state index contributed by atoms with van der Waals surface area (Å²) in [6.07, 6.45) is 5.44. The molecule has 172 valence electrons. The minimum atomic E-state index is -0.234. The van der Waals surface area contributed by atoms with Gasteiger partial charge in [-0.2, -0.15) is 0 Å². The predicted molar refractivity (Wildman–Crippen MR) is 129 cm³/mol. The number of rotatable bonds is 8. The van der Waals surface area contributed by atoms with Crippen LogP contribution in [0.2, 0.25) is 0 Å². The van der Waals surface area contributed by atoms with Crippen LogP contribution in [0.25, 0.3) is 11.1 Å². The molecule has 1 aliphatic heterocycles. The Hall–Kier alpha value is -2.37. The lowest BCUT2D eigenvalue weighted by Crippen LogP contribution is -2.36. The van der Waals surface area contributed by atoms with Gasteiger partial charge in [0.1, 0.15) is 5.60 Å². The number of hydrogen-bond acceptors (Lipinski definition) is 4. The largest absolute Gasteiger partial charge is 0.441 e. The molecule has 1 saturated heterocycles. The second-order valence-electron chi connectivity index (χ2n) is 9.91. The molecule has 1 aliphatic carbocycles. The number of carbonyl (C=O) groups excluding carboxylic acids is 1. The monoisotopic (exact) mass is 435 g/mol. The second-order valence-corrected chi connectivity index (χ2v) is 9.91. The van der Waals surface area contributed by atoms with Crippen LogP contribution >= 0.6 is 0 Å². The molecule has 2 fully saturated rings. The highest BCUT2D eigenvalue weighted by molar-refractivity contribution is 5.71. The lowest BCUT2D eigenvalue weighted by molar-refractivity contribution is 0.0260. The summed E-state index contributed by atoms with van der Waals surface area (Å²) in [5.74, 6) is 0. The zero-order valence-electron chi connectivity index (χ0n) is 19.8. The average Bonchev–Trinajstić information content (AvgIpc) is 3.07. The Labute approximate surface area is 193 Å². The molecule has 2 aromatic rings. The fourth-order valence-corrected chi connectivity index (χ4v) is 4.90. The van der Waals surface area contributed by atoms with Gasteiger partial charge >= 0.3 is 6.09 Å². The maximum absolute atomic E-state index is 12.5. The zero-order chi connectivity index (χ0) is 22.6. The number of amides is 1. The van der Waals surface area contributed by atoms with E-state index in [1.165, 1.54) is 23.1 Å². The average molecular weight is 436 g/mol. The van der Waals surface area contributed by atoms with Crippen molar-refractivity contribution in [3.63, 3.8) is 0 Å². The summed E-state index contributed by atoms with van der Waals surface area (Å²) in [6.45, 7) is 4.41. The summed E-state index contributed by atoms with van der Waals surface area (Å²) in [6, 6.07) is 17.4. The summed E-state index contributed by atoms with van der Waals surface area (Å²) < 4.78 is 5.84. The number of likely N-dealkylation sites (N-methyl/N-ethyl adjacent to an activating group) is 2. The number of hydrogen-bond donors (Lipinski definition) is 0. The summed E-state index contributed by atoms with van der Waals surface area (Å²) in [4.78, 5) is 19.0. The molecule has 0 unspecified atom stereocenters. The van der Waals surface area contributed by atoms with Gasteiger partial charge in [0.05, 0.1) is 6.54 Å². The summed E-state index contributed by atoms with van der Waals surface area (Å²) in [5.41, 5.74) is 4.64. The summed E-state index contributed by atoms with van der Waals surface area (Å²) >= 11 is 0. The van der Waals surface area contributed by atoms with E-state index in [2.05, 4.69) is 79.5 Å². The van der Waals surface area contributed by atoms with E-state index in [0.29, 0.717) is 6.54 Å². The molecule has 0 atom stereocenters. The first-order chi connectivity index (χ1) is 15.4. The van der Waals surface area contributed by atoms with E-state index in [1.807, 2.05) is 4.90 Å². The van der Waals surface area contributed by atoms with E-state index >= 15 is 0 Å². The molecule has 1 spiro atoms. The third-order valence-corrected chi connectivity index (χ3v) is 6.77. The van der Waals surface area contributed by atoms with E-state index in [1.54, 1.807) is 0 Å². The van der Waals surface area contributed by atoms with Gasteiger partial charge < -0.3 is 14.5 Å². The molecule has 2 aromatic carbocycles. The topological polar surface area (TPSA) is 36.0 Å². The lowest BCUT2D eigenvalue weighted by atomic mass is 9.85. The van der Waals surface area contributed by atoms with Crippen molar-refractivity contribution in [2.45, 2.75) is 50.8 Å². The zero-order valence-corrected chi connectivity index (χ0v) is 19.8. The highest BCUT2D eigenvalue weighted by Crippen LogP contribution is 2.37. The number of benzene rings is 2. The van der Waals surface area contributed by atoms with Crippen molar-refractivity contribution >= 4 is 6.09 Å². The van der Waals surface area contributed by atoms with Crippen LogP contribution in [0.3, 0.4) is 0 Å². The van der Waals surface area contributed by atoms with Crippen LogP contribution in [0.4, 0.5) is 4.79 Å². The Morgan fingerprint density at radius 1 is 0.906 bits per heavy atom. The van der Waals surface area contributed by atoms with Crippen LogP contribution in [0.5, 0.6) is 0 Å². The first kappa shape index (κ1) is 22.8. The van der Waals surface area contributed by atoms with Crippen LogP contribution < -0.4 is 0 Å². The standard InChI is InChI=1S/C27H37N3O2/c1-28(2)16-17-29(3)19-22-10-12-24(13-11-22)25-9-7-8-23(18-25)20-30-21-27(32-26(30)31)14-5-4-6-15-27/h7-13,18H,4-6,14-17,19-21H2,1-3H3. The van der Waals surface area contributed by atoms with Crippen molar-refractivity contribution in [3.05, 3.63) is 59.7 Å². The van der Waals surface area contributed by atoms with Gasteiger partial charge in [-0.3, -0.25) is 4.90 Å². The van der Waals surface area contributed by atoms with E-state index in [4.69, 9.17) is 4.74 Å². The fraction of sp³-hybridized carbons (Fsp3) is 0.519. The van der Waals surface area contributed by atoms with Crippen molar-refractivity contribution in [2.24, 2.45) is 0 Å². The van der Waals surface area contributed by atoms with Crippen LogP contribution in [-0.4, -0.2) is 67.2 Å². The van der Waals surface area contributed by atoms with Crippen molar-refractivity contribution < 1.29 is 9.53 Å². The molecule has 0 bridgehead atoms. The van der Waals surface area contributed by atoms with Gasteiger partial charge in [-0.1, -0.05) is 48.9 Å². The van der Waals surface area contributed by atoms with Crippen molar-refractivity contribution in [3.8, 4) is 11.1 Å². The molecule has 1 heterocycles. The minimum Gasteiger partial charge on any atom is -0.441 e. The molecule has 0 N–H and O–H groups in total. The van der Waals surface area contributed by atoms with E-state index in [9.17, 15) is 4.79 Å². The number of carbonyl (C=O) groups is 1. The SMILES string of the molecule is CN(C)CCN(C)Cc1ccc(-c2cccc(CN3CC4(CCCCC4)OC3=O)c2)cc1. The van der Waals surface area contributed by atoms with Gasteiger partial charge in [-0.25, -0.2) is 4.79 Å². The second kappa shape index (κ2) is 10.1. The van der Waals surface area contributed by atoms with Crippen LogP contribution in [0.15, 0.2) is 48.5 Å². The van der Waals surface area contributed by atoms with Crippen LogP contribution in [0.1, 0.15) is 43.2 Å². The minimum absolute atomic E-state index is 0.153. The third-order valence-electron chi connectivity index (χ3n) is 6.77. The Balaban J connectivity index is 1.38. The molecule has 5 heteroatoms. The van der Waals surface area contributed by atoms with E-state index in [-0.39, 0.29) is 11.7 Å². The number of ether oxygens (including phenoxy) is 1. The van der Waals surface area contributed by atoms with Gasteiger partial charge in [0.15, 0.2) is 0 Å². The van der Waals surface area contributed by atoms with Gasteiger partial charge in [0.25, 0.3) is 0 Å². The molecule has 2 aliphatic rings. The van der Waals surface area contributed by atoms with Gasteiger partial charge in [-0.05, 0) is 75.1 Å². The molecular formula is C27H37N3O2. The molecule has 1 saturated carbocycles. The molecule has 4 rings (SSSR count). The van der Waals surface area contributed by atoms with Gasteiger partial charge in [0, 0.05) is 26.2 Å². The Bertz CT molecular complexity index is 903. The highest BCUT2D eigenvalue weighted by Gasteiger charge is 2.45. The molecule has 0 aromatic heterocycles. The third kappa shape index (κ3) is 5.70. The first-order valence-corrected chi connectivity index (χ1v) is 11.9. The quantitative estimate of drug-likeness (QED) is 0.584. The summed E-state index contributed by atoms with van der Waals surface area (Å²) in [7, 11) is 6.39. The smallest absolute Gasteiger partial charge is 0.410 e. The van der Waals surface area contributed by atoms with E-state index in [0.717, 1.165) is 57.4 Å².